The second-order valence-electron chi connectivity index (χ2n) is 4.76. The van der Waals surface area contributed by atoms with E-state index in [0.29, 0.717) is 13.1 Å². The lowest BCUT2D eigenvalue weighted by atomic mass is 10.0. The molecule has 1 aromatic carbocycles. The minimum atomic E-state index is -0.834. The number of rotatable bonds is 4. The minimum absolute atomic E-state index is 0.0300. The van der Waals surface area contributed by atoms with E-state index in [0.717, 1.165) is 12.0 Å². The van der Waals surface area contributed by atoms with Crippen LogP contribution in [0.15, 0.2) is 30.3 Å². The minimum Gasteiger partial charge on any atom is -0.481 e. The number of likely N-dealkylation sites (tertiary alicyclic amines) is 1. The number of hydrogen-bond donors (Lipinski definition) is 2. The van der Waals surface area contributed by atoms with E-state index in [1.165, 1.54) is 4.90 Å². The van der Waals surface area contributed by atoms with E-state index < -0.39 is 11.9 Å². The fourth-order valence-electron chi connectivity index (χ4n) is 2.15. The second kappa shape index (κ2) is 5.73. The molecule has 0 radical (unpaired) electrons. The Morgan fingerprint density at radius 3 is 2.53 bits per heavy atom. The number of hydrogen-bond acceptors (Lipinski definition) is 2. The second-order valence-corrected chi connectivity index (χ2v) is 4.76. The molecule has 0 bridgehead atoms. The molecule has 1 aromatic rings. The molecule has 102 valence electrons. The van der Waals surface area contributed by atoms with Gasteiger partial charge in [-0.25, -0.2) is 4.79 Å². The van der Waals surface area contributed by atoms with Crippen LogP contribution in [-0.4, -0.2) is 35.1 Å². The van der Waals surface area contributed by atoms with Gasteiger partial charge in [-0.05, 0) is 12.0 Å². The predicted octanol–water partition coefficient (Wildman–Crippen LogP) is 1.86. The van der Waals surface area contributed by atoms with E-state index >= 15 is 0 Å². The van der Waals surface area contributed by atoms with Gasteiger partial charge in [0.1, 0.15) is 0 Å². The highest BCUT2D eigenvalue weighted by Crippen LogP contribution is 2.19. The van der Waals surface area contributed by atoms with Crippen molar-refractivity contribution >= 4 is 12.0 Å². The monoisotopic (exact) mass is 262 g/mol. The quantitative estimate of drug-likeness (QED) is 0.870. The lowest BCUT2D eigenvalue weighted by Gasteiger charge is -2.37. The smallest absolute Gasteiger partial charge is 0.317 e. The zero-order chi connectivity index (χ0) is 13.8. The third kappa shape index (κ3) is 3.05. The van der Waals surface area contributed by atoms with Crippen molar-refractivity contribution in [1.82, 2.24) is 10.2 Å². The Bertz CT molecular complexity index is 455. The Hall–Kier alpha value is -2.04. The van der Waals surface area contributed by atoms with Gasteiger partial charge in [0.25, 0.3) is 0 Å². The number of amides is 2. The van der Waals surface area contributed by atoms with Crippen LogP contribution in [-0.2, 0) is 4.79 Å². The molecule has 0 aromatic heterocycles. The highest BCUT2D eigenvalue weighted by molar-refractivity contribution is 5.80. The van der Waals surface area contributed by atoms with Gasteiger partial charge < -0.3 is 15.3 Å². The number of nitrogens with zero attached hydrogens (tertiary/aromatic N) is 1. The van der Waals surface area contributed by atoms with Crippen LogP contribution in [0, 0.1) is 5.92 Å². The average Bonchev–Trinajstić information content (AvgIpc) is 2.34. The normalized spacial score (nSPS) is 16.6. The number of carboxylic acids is 1. The molecule has 1 saturated heterocycles. The van der Waals surface area contributed by atoms with Gasteiger partial charge in [0.15, 0.2) is 0 Å². The molecule has 2 amide bonds. The van der Waals surface area contributed by atoms with E-state index in [9.17, 15) is 9.59 Å². The van der Waals surface area contributed by atoms with Crippen LogP contribution in [0.2, 0.25) is 0 Å². The maximum Gasteiger partial charge on any atom is 0.317 e. The summed E-state index contributed by atoms with van der Waals surface area (Å²) in [4.78, 5) is 24.2. The van der Waals surface area contributed by atoms with E-state index in [-0.39, 0.29) is 12.1 Å². The van der Waals surface area contributed by atoms with Gasteiger partial charge >= 0.3 is 12.0 Å². The van der Waals surface area contributed by atoms with E-state index in [4.69, 9.17) is 5.11 Å². The van der Waals surface area contributed by atoms with Crippen molar-refractivity contribution in [2.24, 2.45) is 5.92 Å². The highest BCUT2D eigenvalue weighted by Gasteiger charge is 2.36. The fourth-order valence-corrected chi connectivity index (χ4v) is 2.15. The van der Waals surface area contributed by atoms with Gasteiger partial charge in [0.05, 0.1) is 12.0 Å². The van der Waals surface area contributed by atoms with Crippen molar-refractivity contribution in [3.63, 3.8) is 0 Å². The zero-order valence-corrected chi connectivity index (χ0v) is 10.9. The van der Waals surface area contributed by atoms with Gasteiger partial charge in [-0.15, -0.1) is 0 Å². The summed E-state index contributed by atoms with van der Waals surface area (Å²) in [5.74, 6) is -1.25. The zero-order valence-electron chi connectivity index (χ0n) is 10.9. The van der Waals surface area contributed by atoms with E-state index in [2.05, 4.69) is 5.32 Å². The first-order valence-corrected chi connectivity index (χ1v) is 6.45. The number of carboxylic acid groups (broad SMARTS) is 1. The molecular formula is C14H18N2O3. The van der Waals surface area contributed by atoms with Crippen LogP contribution in [0.5, 0.6) is 0 Å². The highest BCUT2D eigenvalue weighted by atomic mass is 16.4. The number of carbonyl (C=O) groups is 2. The Morgan fingerprint density at radius 2 is 2.00 bits per heavy atom. The first-order valence-electron chi connectivity index (χ1n) is 6.45. The predicted molar refractivity (Wildman–Crippen MR) is 70.7 cm³/mol. The van der Waals surface area contributed by atoms with Gasteiger partial charge in [0, 0.05) is 13.1 Å². The Kier molecular flexibility index (Phi) is 4.04. The topological polar surface area (TPSA) is 69.6 Å². The molecule has 5 nitrogen and oxygen atoms in total. The first kappa shape index (κ1) is 13.4. The fraction of sp³-hybridized carbons (Fsp3) is 0.429. The number of nitrogens with one attached hydrogen (secondary N) is 1. The van der Waals surface area contributed by atoms with Gasteiger partial charge in [-0.1, -0.05) is 37.3 Å². The summed E-state index contributed by atoms with van der Waals surface area (Å²) in [6, 6.07) is 9.55. The first-order chi connectivity index (χ1) is 9.11. The molecule has 0 aliphatic carbocycles. The summed E-state index contributed by atoms with van der Waals surface area (Å²) < 4.78 is 0. The SMILES string of the molecule is CCC(NC(=O)N1CC(C(=O)O)C1)c1ccccc1. The maximum absolute atomic E-state index is 12.0. The summed E-state index contributed by atoms with van der Waals surface area (Å²) in [6.45, 7) is 2.60. The van der Waals surface area contributed by atoms with Crippen LogP contribution in [0.4, 0.5) is 4.79 Å². The third-order valence-corrected chi connectivity index (χ3v) is 3.43. The Labute approximate surface area is 112 Å². The molecule has 1 aliphatic heterocycles. The lowest BCUT2D eigenvalue weighted by Crippen LogP contribution is -2.56. The third-order valence-electron chi connectivity index (χ3n) is 3.43. The van der Waals surface area contributed by atoms with Crippen molar-refractivity contribution in [1.29, 1.82) is 0 Å². The van der Waals surface area contributed by atoms with Gasteiger partial charge in [-0.2, -0.15) is 0 Å². The number of carbonyl (C=O) groups excluding carboxylic acids is 1. The standard InChI is InChI=1S/C14H18N2O3/c1-2-12(10-6-4-3-5-7-10)15-14(19)16-8-11(9-16)13(17)18/h3-7,11-12H,2,8-9H2,1H3,(H,15,19)(H,17,18). The molecule has 0 saturated carbocycles. The van der Waals surface area contributed by atoms with Crippen LogP contribution >= 0.6 is 0 Å². The molecule has 19 heavy (non-hydrogen) atoms. The van der Waals surface area contributed by atoms with Crippen LogP contribution in [0.25, 0.3) is 0 Å². The molecular weight excluding hydrogens is 244 g/mol. The number of urea groups is 1. The average molecular weight is 262 g/mol. The largest absolute Gasteiger partial charge is 0.481 e. The van der Waals surface area contributed by atoms with Crippen LogP contribution < -0.4 is 5.32 Å². The molecule has 2 rings (SSSR count). The van der Waals surface area contributed by atoms with Crippen LogP contribution in [0.1, 0.15) is 24.9 Å². The summed E-state index contributed by atoms with van der Waals surface area (Å²) in [7, 11) is 0. The summed E-state index contributed by atoms with van der Waals surface area (Å²) in [5, 5.41) is 11.7. The Balaban J connectivity index is 1.90. The van der Waals surface area contributed by atoms with Crippen molar-refractivity contribution in [3.05, 3.63) is 35.9 Å². The molecule has 1 aliphatic rings. The maximum atomic E-state index is 12.0. The Morgan fingerprint density at radius 1 is 1.37 bits per heavy atom. The number of aliphatic carboxylic acids is 1. The van der Waals surface area contributed by atoms with Crippen molar-refractivity contribution < 1.29 is 14.7 Å². The molecule has 1 atom stereocenters. The van der Waals surface area contributed by atoms with Gasteiger partial charge in [-0.3, -0.25) is 4.79 Å². The van der Waals surface area contributed by atoms with E-state index in [1.54, 1.807) is 0 Å². The molecule has 0 spiro atoms. The molecule has 1 heterocycles. The molecule has 1 fully saturated rings. The van der Waals surface area contributed by atoms with Crippen molar-refractivity contribution in [2.45, 2.75) is 19.4 Å². The molecule has 1 unspecified atom stereocenters. The lowest BCUT2D eigenvalue weighted by molar-refractivity contribution is -0.146. The summed E-state index contributed by atoms with van der Waals surface area (Å²) in [6.07, 6.45) is 0.798. The van der Waals surface area contributed by atoms with Crippen LogP contribution in [0.3, 0.4) is 0 Å². The molecule has 5 heteroatoms. The van der Waals surface area contributed by atoms with E-state index in [1.807, 2.05) is 37.3 Å². The molecule has 2 N–H and O–H groups in total. The van der Waals surface area contributed by atoms with Gasteiger partial charge in [0.2, 0.25) is 0 Å². The van der Waals surface area contributed by atoms with Crippen molar-refractivity contribution in [2.75, 3.05) is 13.1 Å². The number of benzene rings is 1. The van der Waals surface area contributed by atoms with Crippen molar-refractivity contribution in [3.8, 4) is 0 Å². The summed E-state index contributed by atoms with van der Waals surface area (Å²) >= 11 is 0. The summed E-state index contributed by atoms with van der Waals surface area (Å²) in [5.41, 5.74) is 1.06.